The fraction of sp³-hybridized carbons (Fsp3) is 0.263. The van der Waals surface area contributed by atoms with Crippen LogP contribution in [0.2, 0.25) is 0 Å². The van der Waals surface area contributed by atoms with Crippen molar-refractivity contribution in [3.05, 3.63) is 53.6 Å². The van der Waals surface area contributed by atoms with E-state index in [0.29, 0.717) is 23.7 Å². The molecule has 0 aliphatic carbocycles. The van der Waals surface area contributed by atoms with E-state index in [2.05, 4.69) is 5.32 Å². The predicted molar refractivity (Wildman–Crippen MR) is 95.9 cm³/mol. The van der Waals surface area contributed by atoms with Gasteiger partial charge in [0.2, 0.25) is 0 Å². The second-order valence-electron chi connectivity index (χ2n) is 6.07. The van der Waals surface area contributed by atoms with E-state index >= 15 is 0 Å². The number of carbonyl (C=O) groups is 2. The molecule has 2 aromatic carbocycles. The third-order valence-corrected chi connectivity index (χ3v) is 4.27. The van der Waals surface area contributed by atoms with E-state index in [1.54, 1.807) is 42.3 Å². The monoisotopic (exact) mass is 356 g/mol. The van der Waals surface area contributed by atoms with Gasteiger partial charge in [0, 0.05) is 11.3 Å². The summed E-state index contributed by atoms with van der Waals surface area (Å²) in [5.74, 6) is 0.196. The van der Waals surface area contributed by atoms with Crippen LogP contribution in [-0.4, -0.2) is 41.8 Å². The number of rotatable bonds is 3. The highest BCUT2D eigenvalue weighted by Crippen LogP contribution is 2.27. The maximum atomic E-state index is 12.7. The maximum Gasteiger partial charge on any atom is 0.335 e. The van der Waals surface area contributed by atoms with Crippen LogP contribution in [0.25, 0.3) is 0 Å². The molecule has 1 atom stereocenters. The summed E-state index contributed by atoms with van der Waals surface area (Å²) in [5.41, 5.74) is 1.59. The number of nitrogens with zero attached hydrogens (tertiary/aromatic N) is 1. The second kappa shape index (κ2) is 7.35. The van der Waals surface area contributed by atoms with Crippen molar-refractivity contribution < 1.29 is 24.2 Å². The molecule has 0 saturated carbocycles. The van der Waals surface area contributed by atoms with Crippen LogP contribution in [0, 0.1) is 0 Å². The first-order chi connectivity index (χ1) is 12.5. The van der Waals surface area contributed by atoms with E-state index in [9.17, 15) is 9.59 Å². The zero-order chi connectivity index (χ0) is 18.7. The molecule has 2 N–H and O–H groups in total. The van der Waals surface area contributed by atoms with Gasteiger partial charge in [0.25, 0.3) is 0 Å². The Balaban J connectivity index is 1.77. The average Bonchev–Trinajstić information content (AvgIpc) is 2.81. The molecule has 0 spiro atoms. The smallest absolute Gasteiger partial charge is 0.335 e. The lowest BCUT2D eigenvalue weighted by Gasteiger charge is -2.26. The van der Waals surface area contributed by atoms with Crippen LogP contribution in [0.15, 0.2) is 42.5 Å². The third-order valence-electron chi connectivity index (χ3n) is 4.27. The predicted octanol–water partition coefficient (Wildman–Crippen LogP) is 3.21. The number of carboxylic acids is 1. The molecular formula is C19H20N2O5. The van der Waals surface area contributed by atoms with Crippen molar-refractivity contribution in [3.63, 3.8) is 0 Å². The SMILES string of the molecule is COc1ccc(NC(=O)N2Cc3ccc(C(=O)O)cc3OC[C@@H]2C)cc1. The number of aromatic carboxylic acids is 1. The molecule has 2 aromatic rings. The van der Waals surface area contributed by atoms with Gasteiger partial charge in [0.1, 0.15) is 18.1 Å². The molecule has 1 aliphatic heterocycles. The average molecular weight is 356 g/mol. The van der Waals surface area contributed by atoms with Gasteiger partial charge in [-0.05, 0) is 43.3 Å². The van der Waals surface area contributed by atoms with Gasteiger partial charge >= 0.3 is 12.0 Å². The lowest BCUT2D eigenvalue weighted by molar-refractivity contribution is 0.0696. The summed E-state index contributed by atoms with van der Waals surface area (Å²) in [6.07, 6.45) is 0. The van der Waals surface area contributed by atoms with Gasteiger partial charge in [-0.2, -0.15) is 0 Å². The largest absolute Gasteiger partial charge is 0.497 e. The van der Waals surface area contributed by atoms with Crippen molar-refractivity contribution in [3.8, 4) is 11.5 Å². The molecule has 2 amide bonds. The second-order valence-corrected chi connectivity index (χ2v) is 6.07. The first kappa shape index (κ1) is 17.6. The summed E-state index contributed by atoms with van der Waals surface area (Å²) in [4.78, 5) is 25.5. The summed E-state index contributed by atoms with van der Waals surface area (Å²) in [7, 11) is 1.58. The Morgan fingerprint density at radius 1 is 1.23 bits per heavy atom. The van der Waals surface area contributed by atoms with Crippen molar-refractivity contribution in [2.75, 3.05) is 19.0 Å². The van der Waals surface area contributed by atoms with E-state index in [-0.39, 0.29) is 24.2 Å². The number of hydrogen-bond donors (Lipinski definition) is 2. The van der Waals surface area contributed by atoms with E-state index in [1.807, 2.05) is 6.92 Å². The molecule has 1 aliphatic rings. The topological polar surface area (TPSA) is 88.1 Å². The number of benzene rings is 2. The number of urea groups is 1. The number of carbonyl (C=O) groups excluding carboxylic acids is 1. The van der Waals surface area contributed by atoms with E-state index in [1.165, 1.54) is 12.1 Å². The van der Waals surface area contributed by atoms with E-state index < -0.39 is 5.97 Å². The number of amides is 2. The molecule has 7 heteroatoms. The molecule has 7 nitrogen and oxygen atoms in total. The number of ether oxygens (including phenoxy) is 2. The first-order valence-electron chi connectivity index (χ1n) is 8.18. The Morgan fingerprint density at radius 2 is 1.96 bits per heavy atom. The van der Waals surface area contributed by atoms with Crippen molar-refractivity contribution in [2.45, 2.75) is 19.5 Å². The number of hydrogen-bond acceptors (Lipinski definition) is 4. The van der Waals surface area contributed by atoms with Crippen molar-refractivity contribution in [2.24, 2.45) is 0 Å². The van der Waals surface area contributed by atoms with Gasteiger partial charge in [-0.15, -0.1) is 0 Å². The Morgan fingerprint density at radius 3 is 2.62 bits per heavy atom. The number of anilines is 1. The number of fused-ring (bicyclic) bond motifs is 1. The Bertz CT molecular complexity index is 819. The molecule has 3 rings (SSSR count). The summed E-state index contributed by atoms with van der Waals surface area (Å²) < 4.78 is 10.8. The molecule has 0 bridgehead atoms. The summed E-state index contributed by atoms with van der Waals surface area (Å²) in [5, 5.41) is 12.0. The highest BCUT2D eigenvalue weighted by atomic mass is 16.5. The summed E-state index contributed by atoms with van der Waals surface area (Å²) in [6, 6.07) is 11.3. The van der Waals surface area contributed by atoms with Crippen molar-refractivity contribution >= 4 is 17.7 Å². The number of nitrogens with one attached hydrogen (secondary N) is 1. The van der Waals surface area contributed by atoms with Gasteiger partial charge in [0.05, 0.1) is 25.3 Å². The van der Waals surface area contributed by atoms with Gasteiger partial charge in [0.15, 0.2) is 0 Å². The molecule has 0 aromatic heterocycles. The van der Waals surface area contributed by atoms with Crippen LogP contribution in [0.3, 0.4) is 0 Å². The van der Waals surface area contributed by atoms with Crippen molar-refractivity contribution in [1.29, 1.82) is 0 Å². The molecule has 0 radical (unpaired) electrons. The standard InChI is InChI=1S/C19H20N2O5/c1-12-11-26-17-9-13(18(22)23)3-4-14(17)10-21(12)19(24)20-15-5-7-16(25-2)8-6-15/h3-9,12H,10-11H2,1-2H3,(H,20,24)(H,22,23)/t12-/m0/s1. The molecular weight excluding hydrogens is 336 g/mol. The lowest BCUT2D eigenvalue weighted by atomic mass is 10.1. The number of methoxy groups -OCH3 is 1. The van der Waals surface area contributed by atoms with Crippen LogP contribution in [0.5, 0.6) is 11.5 Å². The van der Waals surface area contributed by atoms with E-state index in [0.717, 1.165) is 5.56 Å². The van der Waals surface area contributed by atoms with Gasteiger partial charge < -0.3 is 24.8 Å². The van der Waals surface area contributed by atoms with Crippen LogP contribution < -0.4 is 14.8 Å². The fourth-order valence-electron chi connectivity index (χ4n) is 2.73. The zero-order valence-electron chi connectivity index (χ0n) is 14.6. The minimum atomic E-state index is -1.01. The maximum absolute atomic E-state index is 12.7. The van der Waals surface area contributed by atoms with Crippen molar-refractivity contribution in [1.82, 2.24) is 4.90 Å². The lowest BCUT2D eigenvalue weighted by Crippen LogP contribution is -2.42. The molecule has 136 valence electrons. The fourth-order valence-corrected chi connectivity index (χ4v) is 2.73. The van der Waals surface area contributed by atoms with Gasteiger partial charge in [-0.1, -0.05) is 6.07 Å². The number of carboxylic acid groups (broad SMARTS) is 1. The van der Waals surface area contributed by atoms with Gasteiger partial charge in [-0.3, -0.25) is 0 Å². The quantitative estimate of drug-likeness (QED) is 0.882. The zero-order valence-corrected chi connectivity index (χ0v) is 14.6. The normalized spacial score (nSPS) is 16.1. The van der Waals surface area contributed by atoms with Crippen LogP contribution >= 0.6 is 0 Å². The molecule has 1 heterocycles. The molecule has 0 fully saturated rings. The molecule has 0 saturated heterocycles. The third kappa shape index (κ3) is 3.72. The summed E-state index contributed by atoms with van der Waals surface area (Å²) in [6.45, 7) is 2.50. The minimum Gasteiger partial charge on any atom is -0.497 e. The Hall–Kier alpha value is -3.22. The Labute approximate surface area is 151 Å². The molecule has 26 heavy (non-hydrogen) atoms. The Kier molecular flexibility index (Phi) is 4.97. The molecule has 0 unspecified atom stereocenters. The first-order valence-corrected chi connectivity index (χ1v) is 8.18. The highest BCUT2D eigenvalue weighted by molar-refractivity contribution is 5.90. The van der Waals surface area contributed by atoms with Crippen LogP contribution in [0.4, 0.5) is 10.5 Å². The highest BCUT2D eigenvalue weighted by Gasteiger charge is 2.26. The van der Waals surface area contributed by atoms with E-state index in [4.69, 9.17) is 14.6 Å². The van der Waals surface area contributed by atoms with Crippen LogP contribution in [-0.2, 0) is 6.54 Å². The minimum absolute atomic E-state index is 0.160. The van der Waals surface area contributed by atoms with Crippen LogP contribution in [0.1, 0.15) is 22.8 Å². The summed E-state index contributed by atoms with van der Waals surface area (Å²) >= 11 is 0. The van der Waals surface area contributed by atoms with Gasteiger partial charge in [-0.25, -0.2) is 9.59 Å².